The molecule has 2 amide bonds. The first-order valence-corrected chi connectivity index (χ1v) is 10.3. The summed E-state index contributed by atoms with van der Waals surface area (Å²) in [6.45, 7) is 5.99. The van der Waals surface area contributed by atoms with Gasteiger partial charge in [-0.15, -0.1) is 0 Å². The fourth-order valence-corrected chi connectivity index (χ4v) is 4.32. The molecule has 1 atom stereocenters. The predicted molar refractivity (Wildman–Crippen MR) is 109 cm³/mol. The maximum absolute atomic E-state index is 12.8. The maximum atomic E-state index is 12.8. The molecule has 0 aliphatic carbocycles. The lowest BCUT2D eigenvalue weighted by molar-refractivity contribution is -0.144. The second-order valence-corrected chi connectivity index (χ2v) is 8.64. The van der Waals surface area contributed by atoms with Crippen LogP contribution in [0.25, 0.3) is 0 Å². The van der Waals surface area contributed by atoms with Crippen LogP contribution in [0.4, 0.5) is 0 Å². The van der Waals surface area contributed by atoms with Crippen LogP contribution in [0.1, 0.15) is 31.2 Å². The monoisotopic (exact) mass is 387 g/mol. The van der Waals surface area contributed by atoms with Crippen LogP contribution in [0.5, 0.6) is 5.75 Å². The summed E-state index contributed by atoms with van der Waals surface area (Å²) < 4.78 is 5.72. The minimum atomic E-state index is 0.0392. The molecule has 0 aromatic heterocycles. The third-order valence-corrected chi connectivity index (χ3v) is 5.93. The Bertz CT molecular complexity index is 706. The van der Waals surface area contributed by atoms with E-state index in [-0.39, 0.29) is 23.8 Å². The van der Waals surface area contributed by atoms with Gasteiger partial charge in [0.2, 0.25) is 5.91 Å². The molecule has 1 aromatic rings. The summed E-state index contributed by atoms with van der Waals surface area (Å²) in [5.74, 6) is 1.02. The van der Waals surface area contributed by atoms with Crippen molar-refractivity contribution < 1.29 is 14.3 Å². The lowest BCUT2D eigenvalue weighted by atomic mass is 9.73. The van der Waals surface area contributed by atoms with Gasteiger partial charge in [-0.05, 0) is 58.0 Å². The van der Waals surface area contributed by atoms with E-state index in [0.717, 1.165) is 63.3 Å². The topological polar surface area (TPSA) is 53.1 Å². The number of carbonyl (C=O) groups is 2. The van der Waals surface area contributed by atoms with E-state index in [1.54, 1.807) is 0 Å². The quantitative estimate of drug-likeness (QED) is 0.751. The molecule has 2 aliphatic rings. The van der Waals surface area contributed by atoms with Crippen LogP contribution in [-0.4, -0.2) is 79.9 Å². The zero-order chi connectivity index (χ0) is 20.1. The molecule has 0 radical (unpaired) electrons. The molecule has 28 heavy (non-hydrogen) atoms. The molecule has 1 aromatic carbocycles. The molecular weight excluding hydrogens is 354 g/mol. The van der Waals surface area contributed by atoms with Crippen molar-refractivity contribution >= 4 is 11.8 Å². The van der Waals surface area contributed by atoms with Crippen LogP contribution < -0.4 is 4.74 Å². The van der Waals surface area contributed by atoms with E-state index in [9.17, 15) is 9.59 Å². The maximum Gasteiger partial charge on any atom is 0.260 e. The fourth-order valence-electron chi connectivity index (χ4n) is 4.32. The molecule has 0 N–H and O–H groups in total. The molecule has 0 bridgehead atoms. The van der Waals surface area contributed by atoms with Crippen LogP contribution >= 0.6 is 0 Å². The van der Waals surface area contributed by atoms with E-state index >= 15 is 0 Å². The van der Waals surface area contributed by atoms with Gasteiger partial charge in [0.1, 0.15) is 5.75 Å². The highest BCUT2D eigenvalue weighted by Crippen LogP contribution is 2.38. The number of aryl methyl sites for hydroxylation is 1. The summed E-state index contributed by atoms with van der Waals surface area (Å²) >= 11 is 0. The van der Waals surface area contributed by atoms with Crippen molar-refractivity contribution in [1.82, 2.24) is 14.7 Å². The first kappa shape index (κ1) is 20.6. The van der Waals surface area contributed by atoms with Crippen LogP contribution in [0.15, 0.2) is 24.3 Å². The first-order chi connectivity index (χ1) is 13.4. The van der Waals surface area contributed by atoms with Crippen molar-refractivity contribution in [1.29, 1.82) is 0 Å². The average molecular weight is 388 g/mol. The van der Waals surface area contributed by atoms with Gasteiger partial charge < -0.3 is 19.4 Å². The number of nitrogens with zero attached hydrogens (tertiary/aromatic N) is 3. The van der Waals surface area contributed by atoms with Gasteiger partial charge in [-0.3, -0.25) is 9.59 Å². The van der Waals surface area contributed by atoms with E-state index in [2.05, 4.69) is 4.90 Å². The van der Waals surface area contributed by atoms with Crippen LogP contribution in [0, 0.1) is 12.3 Å². The lowest BCUT2D eigenvalue weighted by Crippen LogP contribution is -2.56. The van der Waals surface area contributed by atoms with E-state index in [0.29, 0.717) is 6.42 Å². The zero-order valence-corrected chi connectivity index (χ0v) is 17.4. The van der Waals surface area contributed by atoms with Crippen molar-refractivity contribution in [3.05, 3.63) is 29.8 Å². The first-order valence-electron chi connectivity index (χ1n) is 10.3. The number of hydrogen-bond acceptors (Lipinski definition) is 4. The summed E-state index contributed by atoms with van der Waals surface area (Å²) in [5.41, 5.74) is 1.16. The molecule has 154 valence electrons. The average Bonchev–Trinajstić information content (AvgIpc) is 2.67. The standard InChI is InChI=1S/C22H33N3O3/c1-18-6-4-7-19(14-18)28-15-21(27)24-11-5-9-22(16-24)10-8-20(26)25(17-22)13-12-23(2)3/h4,6-7,14H,5,8-13,15-17H2,1-3H3. The molecule has 6 heteroatoms. The normalized spacial score (nSPS) is 22.8. The molecule has 0 saturated carbocycles. The van der Waals surface area contributed by atoms with Crippen LogP contribution in [0.3, 0.4) is 0 Å². The Kier molecular flexibility index (Phi) is 6.60. The van der Waals surface area contributed by atoms with Gasteiger partial charge in [0, 0.05) is 44.6 Å². The number of likely N-dealkylation sites (N-methyl/N-ethyl adjacent to an activating group) is 1. The number of rotatable bonds is 6. The largest absolute Gasteiger partial charge is 0.484 e. The Balaban J connectivity index is 1.57. The van der Waals surface area contributed by atoms with Crippen molar-refractivity contribution in [3.8, 4) is 5.75 Å². The molecule has 1 spiro atoms. The highest BCUT2D eigenvalue weighted by molar-refractivity contribution is 5.79. The molecule has 6 nitrogen and oxygen atoms in total. The van der Waals surface area contributed by atoms with E-state index in [1.165, 1.54) is 0 Å². The number of likely N-dealkylation sites (tertiary alicyclic amines) is 2. The summed E-state index contributed by atoms with van der Waals surface area (Å²) in [5, 5.41) is 0. The Labute approximate surface area is 168 Å². The number of piperidine rings is 2. The number of carbonyl (C=O) groups excluding carboxylic acids is 2. The smallest absolute Gasteiger partial charge is 0.260 e. The SMILES string of the molecule is Cc1cccc(OCC(=O)N2CCCC3(CCC(=O)N(CCN(C)C)C3)C2)c1. The van der Waals surface area contributed by atoms with Gasteiger partial charge in [0.05, 0.1) is 0 Å². The third kappa shape index (κ3) is 5.25. The van der Waals surface area contributed by atoms with E-state index in [4.69, 9.17) is 4.74 Å². The Morgan fingerprint density at radius 2 is 2.07 bits per heavy atom. The van der Waals surface area contributed by atoms with Gasteiger partial charge >= 0.3 is 0 Å². The van der Waals surface area contributed by atoms with Gasteiger partial charge in [0.25, 0.3) is 5.91 Å². The lowest BCUT2D eigenvalue weighted by Gasteiger charge is -2.48. The summed E-state index contributed by atoms with van der Waals surface area (Å²) in [6.07, 6.45) is 3.55. The van der Waals surface area contributed by atoms with Gasteiger partial charge in [-0.2, -0.15) is 0 Å². The number of amides is 2. The Morgan fingerprint density at radius 3 is 2.82 bits per heavy atom. The van der Waals surface area contributed by atoms with Crippen LogP contribution in [-0.2, 0) is 9.59 Å². The Morgan fingerprint density at radius 1 is 1.25 bits per heavy atom. The number of ether oxygens (including phenoxy) is 1. The molecular formula is C22H33N3O3. The molecule has 2 fully saturated rings. The van der Waals surface area contributed by atoms with Crippen LogP contribution in [0.2, 0.25) is 0 Å². The van der Waals surface area contributed by atoms with Gasteiger partial charge in [0.15, 0.2) is 6.61 Å². The molecule has 2 saturated heterocycles. The molecule has 2 aliphatic heterocycles. The highest BCUT2D eigenvalue weighted by Gasteiger charge is 2.42. The minimum Gasteiger partial charge on any atom is -0.484 e. The second kappa shape index (κ2) is 8.95. The molecule has 1 unspecified atom stereocenters. The molecule has 3 rings (SSSR count). The predicted octanol–water partition coefficient (Wildman–Crippen LogP) is 2.17. The van der Waals surface area contributed by atoms with Crippen molar-refractivity contribution in [2.75, 3.05) is 53.4 Å². The minimum absolute atomic E-state index is 0.0392. The Hall–Kier alpha value is -2.08. The number of hydrogen-bond donors (Lipinski definition) is 0. The molecule has 2 heterocycles. The highest BCUT2D eigenvalue weighted by atomic mass is 16.5. The van der Waals surface area contributed by atoms with Crippen molar-refractivity contribution in [2.45, 2.75) is 32.6 Å². The van der Waals surface area contributed by atoms with E-state index < -0.39 is 0 Å². The van der Waals surface area contributed by atoms with E-state index in [1.807, 2.05) is 55.1 Å². The van der Waals surface area contributed by atoms with Crippen molar-refractivity contribution in [2.24, 2.45) is 5.41 Å². The summed E-state index contributed by atoms with van der Waals surface area (Å²) in [7, 11) is 4.05. The van der Waals surface area contributed by atoms with Gasteiger partial charge in [-0.1, -0.05) is 12.1 Å². The second-order valence-electron chi connectivity index (χ2n) is 8.64. The number of benzene rings is 1. The summed E-state index contributed by atoms with van der Waals surface area (Å²) in [4.78, 5) is 31.1. The van der Waals surface area contributed by atoms with Crippen molar-refractivity contribution in [3.63, 3.8) is 0 Å². The third-order valence-electron chi connectivity index (χ3n) is 5.93. The zero-order valence-electron chi connectivity index (χ0n) is 17.4. The van der Waals surface area contributed by atoms with Gasteiger partial charge in [-0.25, -0.2) is 0 Å². The fraction of sp³-hybridized carbons (Fsp3) is 0.636. The summed E-state index contributed by atoms with van der Waals surface area (Å²) in [6, 6.07) is 7.77.